The molecule has 0 radical (unpaired) electrons. The predicted octanol–water partition coefficient (Wildman–Crippen LogP) is 2.91. The fraction of sp³-hybridized carbons (Fsp3) is 0.308. The molecule has 0 spiro atoms. The standard InChI is InChI=1S/C13H15N5S/c1-8(11-6-16-18(3)9(11)2)17-12-10-4-5-19-13(10)15-7-14-12/h4-8H,1-3H3,(H,14,15,17)/t8-/m0/s1. The van der Waals surface area contributed by atoms with Gasteiger partial charge in [-0.05, 0) is 25.3 Å². The molecular weight excluding hydrogens is 258 g/mol. The average Bonchev–Trinajstić information content (AvgIpc) is 2.98. The minimum atomic E-state index is 0.159. The van der Waals surface area contributed by atoms with Crippen LogP contribution < -0.4 is 5.32 Å². The van der Waals surface area contributed by atoms with E-state index in [2.05, 4.69) is 34.2 Å². The van der Waals surface area contributed by atoms with Gasteiger partial charge in [0, 0.05) is 18.3 Å². The number of fused-ring (bicyclic) bond motifs is 1. The van der Waals surface area contributed by atoms with Crippen LogP contribution in [0.25, 0.3) is 10.2 Å². The van der Waals surface area contributed by atoms with Crippen LogP contribution in [-0.2, 0) is 7.05 Å². The number of aryl methyl sites for hydroxylation is 1. The van der Waals surface area contributed by atoms with Crippen molar-refractivity contribution in [2.45, 2.75) is 19.9 Å². The molecule has 3 rings (SSSR count). The van der Waals surface area contributed by atoms with E-state index in [1.807, 2.05) is 29.4 Å². The summed E-state index contributed by atoms with van der Waals surface area (Å²) in [6.45, 7) is 4.19. The lowest BCUT2D eigenvalue weighted by Crippen LogP contribution is -2.09. The average molecular weight is 273 g/mol. The molecule has 0 aliphatic heterocycles. The summed E-state index contributed by atoms with van der Waals surface area (Å²) in [4.78, 5) is 9.60. The molecule has 0 bridgehead atoms. The van der Waals surface area contributed by atoms with Crippen LogP contribution in [0.15, 0.2) is 24.0 Å². The van der Waals surface area contributed by atoms with Crippen LogP contribution in [0, 0.1) is 6.92 Å². The summed E-state index contributed by atoms with van der Waals surface area (Å²) in [5.41, 5.74) is 2.35. The van der Waals surface area contributed by atoms with Crippen molar-refractivity contribution in [1.82, 2.24) is 19.7 Å². The number of anilines is 1. The van der Waals surface area contributed by atoms with Crippen LogP contribution >= 0.6 is 11.3 Å². The second-order valence-electron chi connectivity index (χ2n) is 4.54. The number of hydrogen-bond donors (Lipinski definition) is 1. The first-order chi connectivity index (χ1) is 9.16. The Labute approximate surface area is 115 Å². The summed E-state index contributed by atoms with van der Waals surface area (Å²) in [5.74, 6) is 0.877. The number of rotatable bonds is 3. The van der Waals surface area contributed by atoms with Gasteiger partial charge in [0.2, 0.25) is 0 Å². The zero-order valence-electron chi connectivity index (χ0n) is 11.1. The maximum Gasteiger partial charge on any atom is 0.138 e. The van der Waals surface area contributed by atoms with E-state index in [9.17, 15) is 0 Å². The van der Waals surface area contributed by atoms with Crippen LogP contribution in [0.3, 0.4) is 0 Å². The van der Waals surface area contributed by atoms with Crippen LogP contribution in [0.4, 0.5) is 5.82 Å². The lowest BCUT2D eigenvalue weighted by molar-refractivity contribution is 0.734. The van der Waals surface area contributed by atoms with Crippen molar-refractivity contribution in [1.29, 1.82) is 0 Å². The second kappa shape index (κ2) is 4.62. The van der Waals surface area contributed by atoms with Gasteiger partial charge < -0.3 is 5.32 Å². The fourth-order valence-corrected chi connectivity index (χ4v) is 2.86. The largest absolute Gasteiger partial charge is 0.363 e. The molecule has 6 heteroatoms. The molecule has 1 atom stereocenters. The molecule has 0 aliphatic rings. The Bertz CT molecular complexity index is 715. The van der Waals surface area contributed by atoms with Gasteiger partial charge in [-0.15, -0.1) is 11.3 Å². The quantitative estimate of drug-likeness (QED) is 0.797. The highest BCUT2D eigenvalue weighted by Crippen LogP contribution is 2.27. The first-order valence-electron chi connectivity index (χ1n) is 6.10. The number of nitrogens with one attached hydrogen (secondary N) is 1. The Kier molecular flexibility index (Phi) is 2.94. The number of nitrogens with zero attached hydrogens (tertiary/aromatic N) is 4. The maximum atomic E-state index is 4.34. The molecule has 1 N–H and O–H groups in total. The molecule has 0 aromatic carbocycles. The summed E-state index contributed by atoms with van der Waals surface area (Å²) in [7, 11) is 1.95. The van der Waals surface area contributed by atoms with E-state index in [4.69, 9.17) is 0 Å². The van der Waals surface area contributed by atoms with Gasteiger partial charge in [0.25, 0.3) is 0 Å². The molecule has 19 heavy (non-hydrogen) atoms. The van der Waals surface area contributed by atoms with Gasteiger partial charge in [0.05, 0.1) is 17.6 Å². The highest BCUT2D eigenvalue weighted by atomic mass is 32.1. The molecule has 3 heterocycles. The third-order valence-electron chi connectivity index (χ3n) is 3.35. The zero-order valence-corrected chi connectivity index (χ0v) is 11.9. The van der Waals surface area contributed by atoms with Crippen LogP contribution in [-0.4, -0.2) is 19.7 Å². The Morgan fingerprint density at radius 3 is 2.95 bits per heavy atom. The monoisotopic (exact) mass is 273 g/mol. The second-order valence-corrected chi connectivity index (χ2v) is 5.43. The van der Waals surface area contributed by atoms with Gasteiger partial charge in [-0.3, -0.25) is 4.68 Å². The molecule has 3 aromatic heterocycles. The summed E-state index contributed by atoms with van der Waals surface area (Å²) >= 11 is 1.62. The highest BCUT2D eigenvalue weighted by Gasteiger charge is 2.14. The van der Waals surface area contributed by atoms with Crippen LogP contribution in [0.2, 0.25) is 0 Å². The van der Waals surface area contributed by atoms with Gasteiger partial charge in [0.1, 0.15) is 17.0 Å². The summed E-state index contributed by atoms with van der Waals surface area (Å²) in [5, 5.41) is 10.8. The molecule has 0 fully saturated rings. The smallest absolute Gasteiger partial charge is 0.138 e. The molecule has 5 nitrogen and oxygen atoms in total. The molecule has 3 aromatic rings. The molecule has 0 unspecified atom stereocenters. The molecule has 0 aliphatic carbocycles. The number of thiophene rings is 1. The van der Waals surface area contributed by atoms with Crippen LogP contribution in [0.1, 0.15) is 24.2 Å². The third-order valence-corrected chi connectivity index (χ3v) is 4.18. The molecular formula is C13H15N5S. The van der Waals surface area contributed by atoms with E-state index in [-0.39, 0.29) is 6.04 Å². The van der Waals surface area contributed by atoms with E-state index in [1.165, 1.54) is 5.56 Å². The Morgan fingerprint density at radius 1 is 1.37 bits per heavy atom. The predicted molar refractivity (Wildman–Crippen MR) is 77.4 cm³/mol. The fourth-order valence-electron chi connectivity index (χ4n) is 2.13. The molecule has 98 valence electrons. The van der Waals surface area contributed by atoms with Gasteiger partial charge in [-0.25, -0.2) is 9.97 Å². The van der Waals surface area contributed by atoms with Crippen molar-refractivity contribution >= 4 is 27.4 Å². The molecule has 0 saturated carbocycles. The highest BCUT2D eigenvalue weighted by molar-refractivity contribution is 7.16. The van der Waals surface area contributed by atoms with Gasteiger partial charge in [0.15, 0.2) is 0 Å². The number of aromatic nitrogens is 4. The lowest BCUT2D eigenvalue weighted by Gasteiger charge is -2.14. The first-order valence-corrected chi connectivity index (χ1v) is 6.98. The molecule has 0 saturated heterocycles. The summed E-state index contributed by atoms with van der Waals surface area (Å²) < 4.78 is 1.88. The number of hydrogen-bond acceptors (Lipinski definition) is 5. The molecule has 0 amide bonds. The van der Waals surface area contributed by atoms with Crippen LogP contribution in [0.5, 0.6) is 0 Å². The van der Waals surface area contributed by atoms with Crippen molar-refractivity contribution in [3.05, 3.63) is 35.2 Å². The third kappa shape index (κ3) is 2.08. The van der Waals surface area contributed by atoms with E-state index in [0.717, 1.165) is 21.7 Å². The van der Waals surface area contributed by atoms with Crippen molar-refractivity contribution < 1.29 is 0 Å². The zero-order chi connectivity index (χ0) is 13.4. The van der Waals surface area contributed by atoms with E-state index in [0.29, 0.717) is 0 Å². The lowest BCUT2D eigenvalue weighted by atomic mass is 10.1. The minimum Gasteiger partial charge on any atom is -0.363 e. The van der Waals surface area contributed by atoms with E-state index in [1.54, 1.807) is 17.7 Å². The Morgan fingerprint density at radius 2 is 2.21 bits per heavy atom. The van der Waals surface area contributed by atoms with Crippen molar-refractivity contribution in [3.63, 3.8) is 0 Å². The van der Waals surface area contributed by atoms with Crippen molar-refractivity contribution in [2.75, 3.05) is 5.32 Å². The van der Waals surface area contributed by atoms with E-state index >= 15 is 0 Å². The van der Waals surface area contributed by atoms with Crippen molar-refractivity contribution in [2.24, 2.45) is 7.05 Å². The van der Waals surface area contributed by atoms with Gasteiger partial charge in [-0.2, -0.15) is 5.10 Å². The summed E-state index contributed by atoms with van der Waals surface area (Å²) in [6.07, 6.45) is 3.50. The van der Waals surface area contributed by atoms with Gasteiger partial charge >= 0.3 is 0 Å². The Hall–Kier alpha value is -1.95. The summed E-state index contributed by atoms with van der Waals surface area (Å²) in [6, 6.07) is 2.21. The van der Waals surface area contributed by atoms with Gasteiger partial charge in [-0.1, -0.05) is 0 Å². The normalized spacial score (nSPS) is 12.8. The topological polar surface area (TPSA) is 55.6 Å². The first kappa shape index (κ1) is 12.1. The van der Waals surface area contributed by atoms with E-state index < -0.39 is 0 Å². The maximum absolute atomic E-state index is 4.34. The van der Waals surface area contributed by atoms with Crippen molar-refractivity contribution in [3.8, 4) is 0 Å². The Balaban J connectivity index is 1.93. The SMILES string of the molecule is Cc1c([C@H](C)Nc2ncnc3sccc23)cnn1C. The minimum absolute atomic E-state index is 0.159.